The molecular weight excluding hydrogens is 414 g/mol. The van der Waals surface area contributed by atoms with Crippen molar-refractivity contribution in [3.05, 3.63) is 43.0 Å². The lowest BCUT2D eigenvalue weighted by Gasteiger charge is -2.38. The molecule has 0 amide bonds. The van der Waals surface area contributed by atoms with E-state index in [4.69, 9.17) is 4.98 Å². The summed E-state index contributed by atoms with van der Waals surface area (Å²) in [5.41, 5.74) is 5.32. The third kappa shape index (κ3) is 3.81. The molecule has 1 aliphatic heterocycles. The SMILES string of the molecule is CC(C)Nc1c(-c2cn(C3CN(CC(F)F)C3)nn2)cnc2c(-c3cn[nH]c3)cccc12. The van der Waals surface area contributed by atoms with Crippen molar-refractivity contribution in [2.45, 2.75) is 32.4 Å². The zero-order valence-electron chi connectivity index (χ0n) is 17.8. The maximum Gasteiger partial charge on any atom is 0.251 e. The molecule has 4 aromatic rings. The molecule has 10 heteroatoms. The Bertz CT molecular complexity index is 1210. The van der Waals surface area contributed by atoms with Crippen LogP contribution in [0.4, 0.5) is 14.5 Å². The molecule has 32 heavy (non-hydrogen) atoms. The van der Waals surface area contributed by atoms with E-state index in [1.165, 1.54) is 0 Å². The van der Waals surface area contributed by atoms with E-state index in [0.717, 1.165) is 33.3 Å². The Morgan fingerprint density at radius 1 is 1.19 bits per heavy atom. The second-order valence-electron chi connectivity index (χ2n) is 8.38. The van der Waals surface area contributed by atoms with E-state index >= 15 is 0 Å². The predicted molar refractivity (Wildman–Crippen MR) is 119 cm³/mol. The molecule has 0 aliphatic carbocycles. The maximum atomic E-state index is 12.6. The van der Waals surface area contributed by atoms with Crippen molar-refractivity contribution in [1.82, 2.24) is 35.1 Å². The fourth-order valence-electron chi connectivity index (χ4n) is 4.13. The van der Waals surface area contributed by atoms with Crippen LogP contribution >= 0.6 is 0 Å². The first kappa shape index (κ1) is 20.5. The molecule has 5 rings (SSSR count). The van der Waals surface area contributed by atoms with Crippen molar-refractivity contribution < 1.29 is 8.78 Å². The molecule has 0 bridgehead atoms. The van der Waals surface area contributed by atoms with Crippen LogP contribution in [0.5, 0.6) is 0 Å². The topological polar surface area (TPSA) is 87.6 Å². The number of halogens is 2. The Hall–Kier alpha value is -3.40. The molecule has 0 saturated carbocycles. The van der Waals surface area contributed by atoms with Crippen molar-refractivity contribution in [1.29, 1.82) is 0 Å². The molecule has 0 radical (unpaired) electrons. The number of alkyl halides is 2. The lowest BCUT2D eigenvalue weighted by molar-refractivity contribution is 0.0254. The zero-order chi connectivity index (χ0) is 22.2. The van der Waals surface area contributed by atoms with Crippen LogP contribution < -0.4 is 5.32 Å². The Kier molecular flexibility index (Phi) is 5.30. The molecule has 1 saturated heterocycles. The molecule has 4 heterocycles. The summed E-state index contributed by atoms with van der Waals surface area (Å²) in [6.07, 6.45) is 5.00. The summed E-state index contributed by atoms with van der Waals surface area (Å²) in [5.74, 6) is 0. The summed E-state index contributed by atoms with van der Waals surface area (Å²) in [6.45, 7) is 5.06. The molecule has 2 N–H and O–H groups in total. The average molecular weight is 438 g/mol. The summed E-state index contributed by atoms with van der Waals surface area (Å²) in [5, 5.41) is 20.1. The fraction of sp³-hybridized carbons (Fsp3) is 0.364. The molecule has 3 aromatic heterocycles. The molecule has 0 spiro atoms. The zero-order valence-corrected chi connectivity index (χ0v) is 17.8. The number of para-hydroxylation sites is 1. The third-order valence-corrected chi connectivity index (χ3v) is 5.63. The first-order chi connectivity index (χ1) is 15.5. The van der Waals surface area contributed by atoms with Gasteiger partial charge in [-0.3, -0.25) is 15.0 Å². The number of nitrogens with one attached hydrogen (secondary N) is 2. The van der Waals surface area contributed by atoms with Gasteiger partial charge in [-0.05, 0) is 13.8 Å². The van der Waals surface area contributed by atoms with Gasteiger partial charge in [0.1, 0.15) is 5.69 Å². The number of aromatic amines is 1. The molecule has 8 nitrogen and oxygen atoms in total. The molecule has 1 fully saturated rings. The van der Waals surface area contributed by atoms with Crippen molar-refractivity contribution in [2.75, 3.05) is 25.0 Å². The minimum atomic E-state index is -2.32. The van der Waals surface area contributed by atoms with Gasteiger partial charge in [0.05, 0.1) is 36.2 Å². The van der Waals surface area contributed by atoms with Crippen LogP contribution in [-0.4, -0.2) is 67.2 Å². The molecule has 0 unspecified atom stereocenters. The summed E-state index contributed by atoms with van der Waals surface area (Å²) < 4.78 is 26.9. The van der Waals surface area contributed by atoms with E-state index in [2.05, 4.69) is 39.7 Å². The summed E-state index contributed by atoms with van der Waals surface area (Å²) in [4.78, 5) is 6.48. The van der Waals surface area contributed by atoms with E-state index in [-0.39, 0.29) is 18.6 Å². The number of pyridine rings is 1. The number of nitrogens with zero attached hydrogens (tertiary/aromatic N) is 6. The van der Waals surface area contributed by atoms with Crippen LogP contribution in [0.2, 0.25) is 0 Å². The number of anilines is 1. The number of hydrogen-bond donors (Lipinski definition) is 2. The monoisotopic (exact) mass is 438 g/mol. The highest BCUT2D eigenvalue weighted by atomic mass is 19.3. The summed E-state index contributed by atoms with van der Waals surface area (Å²) in [7, 11) is 0. The van der Waals surface area contributed by atoms with Gasteiger partial charge in [0.2, 0.25) is 0 Å². The highest BCUT2D eigenvalue weighted by molar-refractivity contribution is 6.04. The number of hydrogen-bond acceptors (Lipinski definition) is 6. The van der Waals surface area contributed by atoms with Gasteiger partial charge in [-0.1, -0.05) is 23.4 Å². The van der Waals surface area contributed by atoms with E-state index < -0.39 is 6.43 Å². The van der Waals surface area contributed by atoms with Crippen LogP contribution in [-0.2, 0) is 0 Å². The van der Waals surface area contributed by atoms with Gasteiger partial charge in [-0.2, -0.15) is 5.10 Å². The van der Waals surface area contributed by atoms with Crippen LogP contribution in [0.1, 0.15) is 19.9 Å². The van der Waals surface area contributed by atoms with Gasteiger partial charge in [0, 0.05) is 53.6 Å². The van der Waals surface area contributed by atoms with Crippen molar-refractivity contribution >= 4 is 16.6 Å². The second kappa shape index (κ2) is 8.27. The normalized spacial score (nSPS) is 15.1. The summed E-state index contributed by atoms with van der Waals surface area (Å²) >= 11 is 0. The number of benzene rings is 1. The Labute approximate surface area is 183 Å². The van der Waals surface area contributed by atoms with Gasteiger partial charge in [0.15, 0.2) is 0 Å². The molecule has 0 atom stereocenters. The Morgan fingerprint density at radius 3 is 2.75 bits per heavy atom. The minimum Gasteiger partial charge on any atom is -0.382 e. The van der Waals surface area contributed by atoms with E-state index in [0.29, 0.717) is 18.8 Å². The van der Waals surface area contributed by atoms with Gasteiger partial charge in [0.25, 0.3) is 6.43 Å². The largest absolute Gasteiger partial charge is 0.382 e. The number of H-pyrrole nitrogens is 1. The fourth-order valence-corrected chi connectivity index (χ4v) is 4.13. The van der Waals surface area contributed by atoms with Crippen LogP contribution in [0.25, 0.3) is 33.3 Å². The molecule has 1 aliphatic rings. The van der Waals surface area contributed by atoms with E-state index in [1.54, 1.807) is 15.8 Å². The number of likely N-dealkylation sites (tertiary alicyclic amines) is 1. The number of rotatable bonds is 7. The van der Waals surface area contributed by atoms with E-state index in [9.17, 15) is 8.78 Å². The van der Waals surface area contributed by atoms with Gasteiger partial charge in [-0.15, -0.1) is 5.10 Å². The van der Waals surface area contributed by atoms with Crippen LogP contribution in [0, 0.1) is 0 Å². The highest BCUT2D eigenvalue weighted by Crippen LogP contribution is 2.37. The maximum absolute atomic E-state index is 12.6. The molecule has 1 aromatic carbocycles. The third-order valence-electron chi connectivity index (χ3n) is 5.63. The summed E-state index contributed by atoms with van der Waals surface area (Å²) in [6, 6.07) is 6.32. The quantitative estimate of drug-likeness (QED) is 0.456. The lowest BCUT2D eigenvalue weighted by Crippen LogP contribution is -2.49. The van der Waals surface area contributed by atoms with Crippen molar-refractivity contribution in [3.63, 3.8) is 0 Å². The molecule has 166 valence electrons. The first-order valence-corrected chi connectivity index (χ1v) is 10.6. The lowest BCUT2D eigenvalue weighted by atomic mass is 10.0. The average Bonchev–Trinajstić information content (AvgIpc) is 3.42. The standard InChI is InChI=1S/C22H24F2N8/c1-13(2)28-22-17-5-3-4-16(14-6-26-27-7-14)21(17)25-8-18(22)19-11-32(30-29-19)15-9-31(10-15)12-20(23)24/h3-8,11,13,15,20H,9-10,12H2,1-2H3,(H,25,28)(H,26,27). The Balaban J connectivity index is 1.51. The van der Waals surface area contributed by atoms with Gasteiger partial charge < -0.3 is 5.32 Å². The van der Waals surface area contributed by atoms with Crippen molar-refractivity contribution in [3.8, 4) is 22.4 Å². The van der Waals surface area contributed by atoms with E-state index in [1.807, 2.05) is 36.8 Å². The van der Waals surface area contributed by atoms with Crippen LogP contribution in [0.15, 0.2) is 43.0 Å². The second-order valence-corrected chi connectivity index (χ2v) is 8.38. The van der Waals surface area contributed by atoms with Crippen molar-refractivity contribution in [2.24, 2.45) is 0 Å². The minimum absolute atomic E-state index is 0.0533. The smallest absolute Gasteiger partial charge is 0.251 e. The van der Waals surface area contributed by atoms with Crippen LogP contribution in [0.3, 0.4) is 0 Å². The Morgan fingerprint density at radius 2 is 2.03 bits per heavy atom. The van der Waals surface area contributed by atoms with Gasteiger partial charge >= 0.3 is 0 Å². The first-order valence-electron chi connectivity index (χ1n) is 10.6. The number of fused-ring (bicyclic) bond motifs is 1. The molecular formula is C22H24F2N8. The predicted octanol–water partition coefficient (Wildman–Crippen LogP) is 3.83. The van der Waals surface area contributed by atoms with Gasteiger partial charge in [-0.25, -0.2) is 13.5 Å². The highest BCUT2D eigenvalue weighted by Gasteiger charge is 2.31. The number of aromatic nitrogens is 6.